The standard InChI is InChI=1S/C19H22ClF3N4O5S.C5H10O/c1-5-26-9-15(16(20)25-26)33(29,30)27-11(2)10-31-14-7-6-12(8-13(14)27)24-17(28)32-18(3,4)19(21,22)23;1-5(2,3)4-6/h6-9,11H,5,10H2,1-4H3,(H,24,28);4H,1-3H3/t11-;/m1./s1. The van der Waals surface area contributed by atoms with Crippen LogP contribution in [0.3, 0.4) is 0 Å². The number of sulfonamides is 1. The van der Waals surface area contributed by atoms with Crippen molar-refractivity contribution in [3.63, 3.8) is 0 Å². The summed E-state index contributed by atoms with van der Waals surface area (Å²) >= 11 is 6.07. The number of anilines is 2. The van der Waals surface area contributed by atoms with Gasteiger partial charge >= 0.3 is 12.3 Å². The number of fused-ring (bicyclic) bond motifs is 1. The molecule has 0 saturated heterocycles. The molecule has 1 aromatic carbocycles. The van der Waals surface area contributed by atoms with Gasteiger partial charge in [0.15, 0.2) is 5.15 Å². The number of hydrogen-bond donors (Lipinski definition) is 1. The molecule has 0 aliphatic carbocycles. The van der Waals surface area contributed by atoms with Gasteiger partial charge in [0.1, 0.15) is 23.5 Å². The molecule has 3 rings (SSSR count). The van der Waals surface area contributed by atoms with Crippen LogP contribution in [-0.2, 0) is 26.1 Å². The number of rotatable bonds is 5. The Morgan fingerprint density at radius 3 is 2.33 bits per heavy atom. The van der Waals surface area contributed by atoms with Gasteiger partial charge in [-0.3, -0.25) is 14.3 Å². The van der Waals surface area contributed by atoms with E-state index in [0.29, 0.717) is 20.4 Å². The second kappa shape index (κ2) is 11.6. The van der Waals surface area contributed by atoms with Crippen LogP contribution < -0.4 is 14.4 Å². The van der Waals surface area contributed by atoms with Crippen molar-refractivity contribution >= 4 is 45.4 Å². The third-order valence-corrected chi connectivity index (χ3v) is 7.57. The Hall–Kier alpha value is -3.00. The van der Waals surface area contributed by atoms with Gasteiger partial charge in [0, 0.05) is 23.8 Å². The first-order chi connectivity index (χ1) is 17.7. The first-order valence-corrected chi connectivity index (χ1v) is 13.6. The highest BCUT2D eigenvalue weighted by Crippen LogP contribution is 2.41. The smallest absolute Gasteiger partial charge is 0.427 e. The first kappa shape index (κ1) is 32.2. The number of aromatic nitrogens is 2. The van der Waals surface area contributed by atoms with E-state index in [9.17, 15) is 31.2 Å². The van der Waals surface area contributed by atoms with Crippen molar-refractivity contribution in [1.82, 2.24) is 9.78 Å². The van der Waals surface area contributed by atoms with Crippen LogP contribution in [0.1, 0.15) is 48.5 Å². The van der Waals surface area contributed by atoms with E-state index in [0.717, 1.165) is 10.6 Å². The van der Waals surface area contributed by atoms with Gasteiger partial charge < -0.3 is 14.3 Å². The summed E-state index contributed by atoms with van der Waals surface area (Å²) in [5.74, 6) is 0.199. The van der Waals surface area contributed by atoms with E-state index in [2.05, 4.69) is 15.2 Å². The van der Waals surface area contributed by atoms with E-state index in [-0.39, 0.29) is 39.2 Å². The molecule has 0 radical (unpaired) electrons. The van der Waals surface area contributed by atoms with E-state index >= 15 is 0 Å². The van der Waals surface area contributed by atoms with Crippen molar-refractivity contribution in [3.05, 3.63) is 29.5 Å². The Morgan fingerprint density at radius 1 is 1.26 bits per heavy atom. The molecule has 1 atom stereocenters. The Kier molecular flexibility index (Phi) is 9.60. The molecule has 2 aromatic rings. The number of benzene rings is 1. The number of ether oxygens (including phenoxy) is 2. The van der Waals surface area contributed by atoms with Gasteiger partial charge in [-0.15, -0.1) is 0 Å². The number of alkyl halides is 3. The molecule has 1 N–H and O–H groups in total. The van der Waals surface area contributed by atoms with E-state index in [1.807, 2.05) is 20.8 Å². The summed E-state index contributed by atoms with van der Waals surface area (Å²) in [7, 11) is -4.19. The fraction of sp³-hybridized carbons (Fsp3) is 0.542. The van der Waals surface area contributed by atoms with Crippen molar-refractivity contribution in [1.29, 1.82) is 0 Å². The van der Waals surface area contributed by atoms with Crippen LogP contribution in [0.4, 0.5) is 29.3 Å². The molecular formula is C24H32ClF3N4O6S. The van der Waals surface area contributed by atoms with Crippen LogP contribution >= 0.6 is 11.6 Å². The van der Waals surface area contributed by atoms with Crippen molar-refractivity contribution in [2.24, 2.45) is 5.41 Å². The summed E-state index contributed by atoms with van der Waals surface area (Å²) in [6.45, 7) is 10.9. The number of halogens is 4. The minimum Gasteiger partial charge on any atom is -0.489 e. The fourth-order valence-electron chi connectivity index (χ4n) is 3.02. The summed E-state index contributed by atoms with van der Waals surface area (Å²) < 4.78 is 78.4. The lowest BCUT2D eigenvalue weighted by Gasteiger charge is -2.35. The average Bonchev–Trinajstić information content (AvgIpc) is 3.19. The molecule has 0 unspecified atom stereocenters. The number of nitrogens with zero attached hydrogens (tertiary/aromatic N) is 3. The van der Waals surface area contributed by atoms with Gasteiger partial charge in [-0.25, -0.2) is 13.2 Å². The molecule has 1 aromatic heterocycles. The maximum absolute atomic E-state index is 13.4. The largest absolute Gasteiger partial charge is 0.489 e. The molecule has 1 amide bonds. The number of nitrogens with one attached hydrogen (secondary N) is 1. The zero-order chi connectivity index (χ0) is 30.0. The zero-order valence-corrected chi connectivity index (χ0v) is 24.2. The highest BCUT2D eigenvalue weighted by Gasteiger charge is 2.51. The van der Waals surface area contributed by atoms with E-state index in [4.69, 9.17) is 16.3 Å². The quantitative estimate of drug-likeness (QED) is 0.443. The molecule has 218 valence electrons. The molecule has 39 heavy (non-hydrogen) atoms. The van der Waals surface area contributed by atoms with Gasteiger partial charge in [-0.2, -0.15) is 18.3 Å². The van der Waals surface area contributed by atoms with Gasteiger partial charge in [0.25, 0.3) is 10.0 Å². The van der Waals surface area contributed by atoms with E-state index in [1.54, 1.807) is 13.8 Å². The van der Waals surface area contributed by atoms with Crippen LogP contribution in [-0.4, -0.2) is 55.0 Å². The molecule has 0 saturated carbocycles. The maximum Gasteiger partial charge on any atom is 0.427 e. The van der Waals surface area contributed by atoms with Crippen molar-refractivity contribution in [3.8, 4) is 5.75 Å². The van der Waals surface area contributed by atoms with Gasteiger partial charge in [0.05, 0.1) is 11.7 Å². The lowest BCUT2D eigenvalue weighted by molar-refractivity contribution is -0.242. The minimum atomic E-state index is -4.78. The second-order valence-corrected chi connectivity index (χ2v) is 12.4. The summed E-state index contributed by atoms with van der Waals surface area (Å²) in [4.78, 5) is 21.7. The summed E-state index contributed by atoms with van der Waals surface area (Å²) in [6.07, 6.45) is -3.90. The molecule has 0 fully saturated rings. The Balaban J connectivity index is 0.000000798. The van der Waals surface area contributed by atoms with Crippen LogP contribution in [0.15, 0.2) is 29.3 Å². The van der Waals surface area contributed by atoms with Crippen LogP contribution in [0.25, 0.3) is 0 Å². The van der Waals surface area contributed by atoms with Crippen molar-refractivity contribution in [2.45, 2.75) is 77.7 Å². The SMILES string of the molecule is CC(C)(C)C=O.CCn1cc(S(=O)(=O)N2c3cc(NC(=O)OC(C)(C)C(F)(F)F)ccc3OC[C@H]2C)c(Cl)n1. The van der Waals surface area contributed by atoms with Gasteiger partial charge in [0.2, 0.25) is 5.60 Å². The summed E-state index contributed by atoms with van der Waals surface area (Å²) in [5, 5.41) is 5.95. The normalized spacial score (nSPS) is 15.9. The fourth-order valence-corrected chi connectivity index (χ4v) is 5.12. The summed E-state index contributed by atoms with van der Waals surface area (Å²) in [5.41, 5.74) is -2.79. The van der Waals surface area contributed by atoms with Gasteiger partial charge in [-0.05, 0) is 45.9 Å². The molecule has 1 aliphatic heterocycles. The number of aryl methyl sites for hydroxylation is 1. The number of carbonyl (C=O) groups excluding carboxylic acids is 2. The average molecular weight is 597 g/mol. The third-order valence-electron chi connectivity index (χ3n) is 5.25. The van der Waals surface area contributed by atoms with Gasteiger partial charge in [-0.1, -0.05) is 32.4 Å². The van der Waals surface area contributed by atoms with Crippen LogP contribution in [0.5, 0.6) is 5.75 Å². The monoisotopic (exact) mass is 596 g/mol. The number of carbonyl (C=O) groups is 2. The lowest BCUT2D eigenvalue weighted by atomic mass is 10.0. The molecule has 15 heteroatoms. The van der Waals surface area contributed by atoms with E-state index in [1.165, 1.54) is 29.1 Å². The predicted molar refractivity (Wildman–Crippen MR) is 140 cm³/mol. The number of aldehydes is 1. The predicted octanol–water partition coefficient (Wildman–Crippen LogP) is 5.65. The van der Waals surface area contributed by atoms with E-state index < -0.39 is 33.9 Å². The van der Waals surface area contributed by atoms with Crippen LogP contribution in [0, 0.1) is 5.41 Å². The molecule has 2 heterocycles. The lowest BCUT2D eigenvalue weighted by Crippen LogP contribution is -2.45. The van der Waals surface area contributed by atoms with Crippen LogP contribution in [0.2, 0.25) is 5.15 Å². The highest BCUT2D eigenvalue weighted by atomic mass is 35.5. The van der Waals surface area contributed by atoms with Crippen molar-refractivity contribution in [2.75, 3.05) is 16.2 Å². The minimum absolute atomic E-state index is 0.00461. The zero-order valence-electron chi connectivity index (χ0n) is 22.6. The third kappa shape index (κ3) is 7.78. The maximum atomic E-state index is 13.4. The molecule has 10 nitrogen and oxygen atoms in total. The summed E-state index contributed by atoms with van der Waals surface area (Å²) in [6, 6.07) is 3.35. The topological polar surface area (TPSA) is 120 Å². The second-order valence-electron chi connectivity index (χ2n) is 10.3. The molecular weight excluding hydrogens is 565 g/mol. The molecule has 0 spiro atoms. The Bertz CT molecular complexity index is 1310. The Morgan fingerprint density at radius 2 is 1.85 bits per heavy atom. The Labute approximate surface area is 230 Å². The number of hydrogen-bond acceptors (Lipinski definition) is 7. The first-order valence-electron chi connectivity index (χ1n) is 11.8. The molecule has 1 aliphatic rings. The van der Waals surface area contributed by atoms with Crippen molar-refractivity contribution < 1.29 is 40.7 Å². The highest BCUT2D eigenvalue weighted by molar-refractivity contribution is 7.93. The number of amides is 1. The molecule has 0 bridgehead atoms.